The molecule has 0 aliphatic carbocycles. The topological polar surface area (TPSA) is 35.5 Å². The van der Waals surface area contributed by atoms with Gasteiger partial charge >= 0.3 is 0 Å². The highest BCUT2D eigenvalue weighted by Crippen LogP contribution is 2.39. The lowest BCUT2D eigenvalue weighted by atomic mass is 9.74. The Labute approximate surface area is 114 Å². The van der Waals surface area contributed by atoms with Crippen molar-refractivity contribution in [3.63, 3.8) is 0 Å². The number of hydrogen-bond acceptors (Lipinski definition) is 3. The van der Waals surface area contributed by atoms with Gasteiger partial charge in [0.05, 0.1) is 20.3 Å². The zero-order chi connectivity index (χ0) is 14.0. The van der Waals surface area contributed by atoms with Gasteiger partial charge in [-0.15, -0.1) is 0 Å². The van der Waals surface area contributed by atoms with E-state index in [9.17, 15) is 4.79 Å². The molecule has 1 aromatic rings. The number of carbonyl (C=O) groups is 1. The summed E-state index contributed by atoms with van der Waals surface area (Å²) in [4.78, 5) is 11.5. The van der Waals surface area contributed by atoms with Crippen LogP contribution < -0.4 is 4.74 Å². The first-order valence-corrected chi connectivity index (χ1v) is 6.74. The molecule has 1 aliphatic heterocycles. The number of ether oxygens (including phenoxy) is 2. The number of Topliss-reactive ketones (excluding diaryl/α,β-unsaturated/α-hetero) is 1. The van der Waals surface area contributed by atoms with Crippen molar-refractivity contribution in [1.29, 1.82) is 0 Å². The number of rotatable bonds is 5. The summed E-state index contributed by atoms with van der Waals surface area (Å²) < 4.78 is 10.8. The van der Waals surface area contributed by atoms with Gasteiger partial charge in [0, 0.05) is 11.8 Å². The molecule has 2 rings (SSSR count). The Bertz CT molecular complexity index is 473. The molecule has 0 bridgehead atoms. The van der Waals surface area contributed by atoms with Gasteiger partial charge in [0.15, 0.2) is 0 Å². The number of ketones is 1. The maximum absolute atomic E-state index is 11.5. The van der Waals surface area contributed by atoms with Crippen LogP contribution in [0.4, 0.5) is 0 Å². The molecule has 0 radical (unpaired) electrons. The van der Waals surface area contributed by atoms with E-state index >= 15 is 0 Å². The lowest BCUT2D eigenvalue weighted by molar-refractivity contribution is -0.125. The fourth-order valence-electron chi connectivity index (χ4n) is 2.71. The zero-order valence-corrected chi connectivity index (χ0v) is 12.2. The second-order valence-electron chi connectivity index (χ2n) is 5.76. The molecule has 3 heteroatoms. The van der Waals surface area contributed by atoms with Crippen LogP contribution in [-0.4, -0.2) is 26.1 Å². The third-order valence-corrected chi connectivity index (χ3v) is 3.81. The van der Waals surface area contributed by atoms with Gasteiger partial charge in [0.25, 0.3) is 0 Å². The van der Waals surface area contributed by atoms with Crippen molar-refractivity contribution in [2.24, 2.45) is 0 Å². The molecule has 1 heterocycles. The van der Waals surface area contributed by atoms with Crippen LogP contribution in [0.15, 0.2) is 18.2 Å². The van der Waals surface area contributed by atoms with Gasteiger partial charge in [-0.2, -0.15) is 0 Å². The Hall–Kier alpha value is -1.35. The molecule has 19 heavy (non-hydrogen) atoms. The lowest BCUT2D eigenvalue weighted by Crippen LogP contribution is -2.48. The van der Waals surface area contributed by atoms with Gasteiger partial charge in [-0.1, -0.05) is 26.0 Å². The molecule has 0 aromatic heterocycles. The normalized spacial score (nSPS) is 17.1. The molecular weight excluding hydrogens is 240 g/mol. The SMILES string of the molecule is COc1ccc(C2(CC(C)=O)COC2)cc1C(C)C. The van der Waals surface area contributed by atoms with Crippen LogP contribution in [0.3, 0.4) is 0 Å². The first kappa shape index (κ1) is 14.1. The van der Waals surface area contributed by atoms with Crippen LogP contribution >= 0.6 is 0 Å². The minimum atomic E-state index is -0.123. The zero-order valence-electron chi connectivity index (χ0n) is 12.2. The second kappa shape index (κ2) is 5.33. The maximum Gasteiger partial charge on any atom is 0.130 e. The molecule has 0 N–H and O–H groups in total. The average molecular weight is 262 g/mol. The van der Waals surface area contributed by atoms with Crippen molar-refractivity contribution in [1.82, 2.24) is 0 Å². The van der Waals surface area contributed by atoms with E-state index in [4.69, 9.17) is 9.47 Å². The fraction of sp³-hybridized carbons (Fsp3) is 0.562. The summed E-state index contributed by atoms with van der Waals surface area (Å²) in [6.45, 7) is 7.22. The van der Waals surface area contributed by atoms with Crippen LogP contribution in [0.2, 0.25) is 0 Å². The predicted octanol–water partition coefficient (Wildman–Crippen LogP) is 3.07. The fourth-order valence-corrected chi connectivity index (χ4v) is 2.71. The van der Waals surface area contributed by atoms with Gasteiger partial charge in [-0.05, 0) is 30.0 Å². The van der Waals surface area contributed by atoms with Gasteiger partial charge < -0.3 is 9.47 Å². The molecule has 104 valence electrons. The number of carbonyl (C=O) groups excluding carboxylic acids is 1. The summed E-state index contributed by atoms with van der Waals surface area (Å²) in [5, 5.41) is 0. The molecule has 0 spiro atoms. The van der Waals surface area contributed by atoms with E-state index in [0.29, 0.717) is 25.6 Å². The first-order chi connectivity index (χ1) is 8.98. The summed E-state index contributed by atoms with van der Waals surface area (Å²) in [6.07, 6.45) is 0.552. The van der Waals surface area contributed by atoms with E-state index in [2.05, 4.69) is 26.0 Å². The number of methoxy groups -OCH3 is 1. The minimum absolute atomic E-state index is 0.123. The van der Waals surface area contributed by atoms with Gasteiger partial charge in [-0.25, -0.2) is 0 Å². The minimum Gasteiger partial charge on any atom is -0.496 e. The standard InChI is InChI=1S/C16H22O3/c1-11(2)14-7-13(5-6-15(14)18-4)16(8-12(3)17)9-19-10-16/h5-7,11H,8-10H2,1-4H3. The van der Waals surface area contributed by atoms with Gasteiger partial charge in [-0.3, -0.25) is 4.79 Å². The van der Waals surface area contributed by atoms with E-state index < -0.39 is 0 Å². The van der Waals surface area contributed by atoms with E-state index in [1.54, 1.807) is 14.0 Å². The molecule has 1 fully saturated rings. The smallest absolute Gasteiger partial charge is 0.130 e. The third kappa shape index (κ3) is 2.66. The average Bonchev–Trinajstić information content (AvgIpc) is 2.32. The van der Waals surface area contributed by atoms with Crippen LogP contribution in [0, 0.1) is 0 Å². The van der Waals surface area contributed by atoms with Crippen molar-refractivity contribution in [2.45, 2.75) is 38.5 Å². The van der Waals surface area contributed by atoms with Crippen LogP contribution in [0.25, 0.3) is 0 Å². The monoisotopic (exact) mass is 262 g/mol. The number of benzene rings is 1. The van der Waals surface area contributed by atoms with Crippen LogP contribution in [0.1, 0.15) is 44.2 Å². The lowest BCUT2D eigenvalue weighted by Gasteiger charge is -2.41. The molecule has 0 amide bonds. The maximum atomic E-state index is 11.5. The Morgan fingerprint density at radius 3 is 2.53 bits per heavy atom. The Balaban J connectivity index is 2.39. The van der Waals surface area contributed by atoms with Crippen molar-refractivity contribution >= 4 is 5.78 Å². The quantitative estimate of drug-likeness (QED) is 0.818. The highest BCUT2D eigenvalue weighted by atomic mass is 16.5. The highest BCUT2D eigenvalue weighted by Gasteiger charge is 2.41. The molecule has 1 aliphatic rings. The van der Waals surface area contributed by atoms with Crippen molar-refractivity contribution in [2.75, 3.05) is 20.3 Å². The Morgan fingerprint density at radius 1 is 1.42 bits per heavy atom. The molecule has 1 saturated heterocycles. The van der Waals surface area contributed by atoms with Crippen molar-refractivity contribution in [3.8, 4) is 5.75 Å². The van der Waals surface area contributed by atoms with E-state index in [1.165, 1.54) is 11.1 Å². The first-order valence-electron chi connectivity index (χ1n) is 6.74. The molecule has 0 atom stereocenters. The van der Waals surface area contributed by atoms with Crippen LogP contribution in [-0.2, 0) is 14.9 Å². The summed E-state index contributed by atoms with van der Waals surface area (Å²) in [5.74, 6) is 1.52. The summed E-state index contributed by atoms with van der Waals surface area (Å²) >= 11 is 0. The Morgan fingerprint density at radius 2 is 2.11 bits per heavy atom. The Kier molecular flexibility index (Phi) is 3.95. The molecular formula is C16H22O3. The molecule has 3 nitrogen and oxygen atoms in total. The van der Waals surface area contributed by atoms with E-state index in [1.807, 2.05) is 6.07 Å². The van der Waals surface area contributed by atoms with E-state index in [0.717, 1.165) is 5.75 Å². The number of hydrogen-bond donors (Lipinski definition) is 0. The predicted molar refractivity (Wildman–Crippen MR) is 74.9 cm³/mol. The van der Waals surface area contributed by atoms with Crippen molar-refractivity contribution in [3.05, 3.63) is 29.3 Å². The largest absolute Gasteiger partial charge is 0.496 e. The third-order valence-electron chi connectivity index (χ3n) is 3.81. The summed E-state index contributed by atoms with van der Waals surface area (Å²) in [7, 11) is 1.69. The van der Waals surface area contributed by atoms with E-state index in [-0.39, 0.29) is 11.2 Å². The second-order valence-corrected chi connectivity index (χ2v) is 5.76. The molecule has 0 saturated carbocycles. The van der Waals surface area contributed by atoms with Crippen LogP contribution in [0.5, 0.6) is 5.75 Å². The molecule has 0 unspecified atom stereocenters. The summed E-state index contributed by atoms with van der Waals surface area (Å²) in [5.41, 5.74) is 2.26. The highest BCUT2D eigenvalue weighted by molar-refractivity contribution is 5.77. The molecule has 1 aromatic carbocycles. The van der Waals surface area contributed by atoms with Gasteiger partial charge in [0.2, 0.25) is 0 Å². The van der Waals surface area contributed by atoms with Gasteiger partial charge in [0.1, 0.15) is 11.5 Å². The van der Waals surface area contributed by atoms with Crippen molar-refractivity contribution < 1.29 is 14.3 Å². The summed E-state index contributed by atoms with van der Waals surface area (Å²) in [6, 6.07) is 6.25.